The molecule has 1 saturated heterocycles. The van der Waals surface area contributed by atoms with Crippen LogP contribution in [-0.4, -0.2) is 18.0 Å². The van der Waals surface area contributed by atoms with Crippen LogP contribution in [0, 0.1) is 0 Å². The van der Waals surface area contributed by atoms with Gasteiger partial charge in [0.2, 0.25) is 5.91 Å². The predicted octanol–water partition coefficient (Wildman–Crippen LogP) is 0.0340. The monoisotopic (exact) mass is 164 g/mol. The first-order chi connectivity index (χ1) is 4.25. The van der Waals surface area contributed by atoms with Gasteiger partial charge in [0.05, 0.1) is 0 Å². The molecular weight excluding hydrogens is 152 g/mol. The molecule has 4 heteroatoms. The van der Waals surface area contributed by atoms with Gasteiger partial charge in [-0.15, -0.1) is 12.4 Å². The van der Waals surface area contributed by atoms with E-state index in [1.807, 2.05) is 0 Å². The molecule has 3 nitrogen and oxygen atoms in total. The quantitative estimate of drug-likeness (QED) is 0.579. The molecule has 0 spiro atoms. The van der Waals surface area contributed by atoms with Crippen LogP contribution in [0.25, 0.3) is 0 Å². The fourth-order valence-corrected chi connectivity index (χ4v) is 0.913. The molecule has 0 bridgehead atoms. The fourth-order valence-electron chi connectivity index (χ4n) is 0.913. The summed E-state index contributed by atoms with van der Waals surface area (Å²) in [6, 6.07) is 0.0208. The summed E-state index contributed by atoms with van der Waals surface area (Å²) in [5.41, 5.74) is 5.60. The third-order valence-electron chi connectivity index (χ3n) is 1.55. The van der Waals surface area contributed by atoms with Crippen LogP contribution in [-0.2, 0) is 4.79 Å². The van der Waals surface area contributed by atoms with E-state index < -0.39 is 0 Å². The zero-order valence-corrected chi connectivity index (χ0v) is 6.78. The Labute approximate surface area is 66.8 Å². The number of amides is 1. The van der Waals surface area contributed by atoms with Gasteiger partial charge in [0.15, 0.2) is 0 Å². The Morgan fingerprint density at radius 2 is 2.30 bits per heavy atom. The number of rotatable bonds is 3. The maximum Gasteiger partial charge on any atom is 0.244 e. The second-order valence-electron chi connectivity index (χ2n) is 2.44. The number of nitrogens with two attached hydrogens (primary N) is 1. The molecule has 3 N–H and O–H groups in total. The van der Waals surface area contributed by atoms with Gasteiger partial charge >= 0.3 is 0 Å². The summed E-state index contributed by atoms with van der Waals surface area (Å²) in [4.78, 5) is 10.4. The number of halogens is 1. The van der Waals surface area contributed by atoms with Crippen molar-refractivity contribution in [1.82, 2.24) is 5.32 Å². The van der Waals surface area contributed by atoms with E-state index in [1.54, 1.807) is 0 Å². The van der Waals surface area contributed by atoms with E-state index in [1.165, 1.54) is 0 Å². The van der Waals surface area contributed by atoms with Gasteiger partial charge in [0.1, 0.15) is 6.04 Å². The fraction of sp³-hybridized carbons (Fsp3) is 0.833. The Morgan fingerprint density at radius 3 is 2.60 bits per heavy atom. The SMILES string of the molecule is CCCC(N)C1NC1=O.Cl. The molecule has 1 amide bonds. The van der Waals surface area contributed by atoms with Gasteiger partial charge in [-0.05, 0) is 6.42 Å². The first kappa shape index (κ1) is 9.72. The highest BCUT2D eigenvalue weighted by molar-refractivity contribution is 5.97. The Bertz CT molecular complexity index is 129. The van der Waals surface area contributed by atoms with Crippen LogP contribution in [0.3, 0.4) is 0 Å². The van der Waals surface area contributed by atoms with E-state index in [2.05, 4.69) is 12.2 Å². The molecule has 0 aromatic heterocycles. The van der Waals surface area contributed by atoms with Crippen molar-refractivity contribution >= 4 is 18.3 Å². The Hall–Kier alpha value is -0.280. The lowest BCUT2D eigenvalue weighted by atomic mass is 10.1. The lowest BCUT2D eigenvalue weighted by molar-refractivity contribution is -0.111. The van der Waals surface area contributed by atoms with Crippen molar-refractivity contribution in [1.29, 1.82) is 0 Å². The molecule has 0 saturated carbocycles. The predicted molar refractivity (Wildman–Crippen MR) is 42.1 cm³/mol. The molecule has 0 radical (unpaired) electrons. The summed E-state index contributed by atoms with van der Waals surface area (Å²) in [6.45, 7) is 2.06. The Morgan fingerprint density at radius 1 is 1.80 bits per heavy atom. The van der Waals surface area contributed by atoms with E-state index >= 15 is 0 Å². The second kappa shape index (κ2) is 3.78. The molecule has 1 aliphatic rings. The summed E-state index contributed by atoms with van der Waals surface area (Å²) in [6.07, 6.45) is 1.98. The van der Waals surface area contributed by atoms with Crippen molar-refractivity contribution in [3.05, 3.63) is 0 Å². The third-order valence-corrected chi connectivity index (χ3v) is 1.55. The zero-order chi connectivity index (χ0) is 6.85. The first-order valence-corrected chi connectivity index (χ1v) is 3.31. The number of carbonyl (C=O) groups is 1. The average Bonchev–Trinajstić information content (AvgIpc) is 2.47. The molecule has 2 unspecified atom stereocenters. The minimum atomic E-state index is -0.0232. The van der Waals surface area contributed by atoms with Gasteiger partial charge in [-0.2, -0.15) is 0 Å². The topological polar surface area (TPSA) is 65.0 Å². The van der Waals surface area contributed by atoms with Gasteiger partial charge in [-0.3, -0.25) is 4.79 Å². The highest BCUT2D eigenvalue weighted by Gasteiger charge is 2.38. The van der Waals surface area contributed by atoms with Gasteiger partial charge in [-0.1, -0.05) is 13.3 Å². The van der Waals surface area contributed by atoms with Crippen molar-refractivity contribution in [2.75, 3.05) is 0 Å². The zero-order valence-electron chi connectivity index (χ0n) is 5.96. The van der Waals surface area contributed by atoms with Gasteiger partial charge in [0.25, 0.3) is 0 Å². The number of carbonyl (C=O) groups excluding carboxylic acids is 1. The Kier molecular flexibility index (Phi) is 3.68. The maximum atomic E-state index is 10.4. The van der Waals surface area contributed by atoms with E-state index in [4.69, 9.17) is 5.73 Å². The summed E-state index contributed by atoms with van der Waals surface area (Å²) in [5.74, 6) is 0.107. The van der Waals surface area contributed by atoms with Gasteiger partial charge in [0, 0.05) is 6.04 Å². The Balaban J connectivity index is 0.000000810. The molecule has 1 rings (SSSR count). The maximum absolute atomic E-state index is 10.4. The molecular formula is C6H13ClN2O. The average molecular weight is 165 g/mol. The van der Waals surface area contributed by atoms with E-state index in [-0.39, 0.29) is 30.4 Å². The van der Waals surface area contributed by atoms with Crippen molar-refractivity contribution < 1.29 is 4.79 Å². The van der Waals surface area contributed by atoms with Gasteiger partial charge in [-0.25, -0.2) is 0 Å². The van der Waals surface area contributed by atoms with Crippen molar-refractivity contribution in [2.24, 2.45) is 5.73 Å². The van der Waals surface area contributed by atoms with Crippen LogP contribution in [0.4, 0.5) is 0 Å². The largest absolute Gasteiger partial charge is 0.341 e. The van der Waals surface area contributed by atoms with Crippen molar-refractivity contribution in [2.45, 2.75) is 31.8 Å². The minimum Gasteiger partial charge on any atom is -0.341 e. The molecule has 1 heterocycles. The van der Waals surface area contributed by atoms with Gasteiger partial charge < -0.3 is 11.1 Å². The third kappa shape index (κ3) is 2.15. The first-order valence-electron chi connectivity index (χ1n) is 3.31. The highest BCUT2D eigenvalue weighted by atomic mass is 35.5. The molecule has 1 fully saturated rings. The number of hydrogen-bond donors (Lipinski definition) is 2. The number of hydrogen-bond acceptors (Lipinski definition) is 2. The molecule has 0 aromatic rings. The second-order valence-corrected chi connectivity index (χ2v) is 2.44. The summed E-state index contributed by atoms with van der Waals surface area (Å²) < 4.78 is 0. The molecule has 0 aliphatic carbocycles. The standard InChI is InChI=1S/C6H12N2O.ClH/c1-2-3-4(7)5-6(9)8-5;/h4-5H,2-3,7H2,1H3,(H,8,9);1H. The summed E-state index contributed by atoms with van der Waals surface area (Å²) in [5, 5.41) is 2.65. The van der Waals surface area contributed by atoms with E-state index in [9.17, 15) is 4.79 Å². The van der Waals surface area contributed by atoms with Crippen LogP contribution < -0.4 is 11.1 Å². The lowest BCUT2D eigenvalue weighted by Gasteiger charge is -2.02. The van der Waals surface area contributed by atoms with E-state index in [0.29, 0.717) is 0 Å². The smallest absolute Gasteiger partial charge is 0.244 e. The molecule has 60 valence electrons. The normalized spacial score (nSPS) is 24.6. The molecule has 1 aliphatic heterocycles. The minimum absolute atomic E-state index is 0. The molecule has 2 atom stereocenters. The molecule has 0 aromatic carbocycles. The number of nitrogens with one attached hydrogen (secondary N) is 1. The van der Waals surface area contributed by atoms with Crippen LogP contribution >= 0.6 is 12.4 Å². The van der Waals surface area contributed by atoms with Crippen LogP contribution in [0.2, 0.25) is 0 Å². The highest BCUT2D eigenvalue weighted by Crippen LogP contribution is 2.08. The van der Waals surface area contributed by atoms with Crippen LogP contribution in [0.15, 0.2) is 0 Å². The van der Waals surface area contributed by atoms with Crippen LogP contribution in [0.1, 0.15) is 19.8 Å². The summed E-state index contributed by atoms with van der Waals surface area (Å²) in [7, 11) is 0. The summed E-state index contributed by atoms with van der Waals surface area (Å²) >= 11 is 0. The lowest BCUT2D eigenvalue weighted by Crippen LogP contribution is -2.28. The van der Waals surface area contributed by atoms with Crippen molar-refractivity contribution in [3.63, 3.8) is 0 Å². The molecule has 10 heavy (non-hydrogen) atoms. The van der Waals surface area contributed by atoms with Crippen LogP contribution in [0.5, 0.6) is 0 Å². The van der Waals surface area contributed by atoms with Crippen molar-refractivity contribution in [3.8, 4) is 0 Å². The van der Waals surface area contributed by atoms with E-state index in [0.717, 1.165) is 12.8 Å².